The van der Waals surface area contributed by atoms with Crippen molar-refractivity contribution in [3.8, 4) is 0 Å². The number of carbonyl (C=O) groups excluding carboxylic acids is 1. The Labute approximate surface area is 174 Å². The lowest BCUT2D eigenvalue weighted by molar-refractivity contribution is -0.385. The number of sulfonamides is 1. The van der Waals surface area contributed by atoms with E-state index in [2.05, 4.69) is 10.5 Å². The van der Waals surface area contributed by atoms with Gasteiger partial charge in [-0.05, 0) is 44.9 Å². The quantitative estimate of drug-likeness (QED) is 0.429. The van der Waals surface area contributed by atoms with Crippen LogP contribution >= 0.6 is 0 Å². The lowest BCUT2D eigenvalue weighted by Crippen LogP contribution is -2.28. The number of carbonyl (C=O) groups is 1. The molecule has 1 fully saturated rings. The fourth-order valence-corrected chi connectivity index (χ4v) is 4.73. The molecule has 0 bridgehead atoms. The molecule has 1 aliphatic rings. The third-order valence-electron chi connectivity index (χ3n) is 4.95. The van der Waals surface area contributed by atoms with Crippen LogP contribution in [0.1, 0.15) is 41.3 Å². The first-order valence-electron chi connectivity index (χ1n) is 9.40. The Hall–Kier alpha value is -3.11. The number of nitrogens with one attached hydrogen (secondary N) is 1. The molecular formula is C20H22N4O5S. The van der Waals surface area contributed by atoms with E-state index in [9.17, 15) is 23.3 Å². The Balaban J connectivity index is 1.78. The maximum Gasteiger partial charge on any atom is 0.272 e. The van der Waals surface area contributed by atoms with Gasteiger partial charge in [-0.25, -0.2) is 13.8 Å². The minimum absolute atomic E-state index is 0.0341. The molecule has 9 nitrogen and oxygen atoms in total. The summed E-state index contributed by atoms with van der Waals surface area (Å²) in [5.74, 6) is -0.575. The second-order valence-corrected chi connectivity index (χ2v) is 8.97. The van der Waals surface area contributed by atoms with Crippen LogP contribution in [0.5, 0.6) is 0 Å². The van der Waals surface area contributed by atoms with Crippen molar-refractivity contribution < 1.29 is 18.1 Å². The Kier molecular flexibility index (Phi) is 6.28. The first-order valence-corrected chi connectivity index (χ1v) is 10.8. The summed E-state index contributed by atoms with van der Waals surface area (Å²) in [5, 5.41) is 15.1. The number of nitrogens with zero attached hydrogens (tertiary/aromatic N) is 3. The zero-order chi connectivity index (χ0) is 21.9. The van der Waals surface area contributed by atoms with Crippen LogP contribution in [0.2, 0.25) is 0 Å². The average Bonchev–Trinajstić information content (AvgIpc) is 3.28. The highest BCUT2D eigenvalue weighted by atomic mass is 32.2. The second kappa shape index (κ2) is 8.72. The van der Waals surface area contributed by atoms with Crippen molar-refractivity contribution >= 4 is 27.3 Å². The number of hydrogen-bond donors (Lipinski definition) is 1. The Morgan fingerprint density at radius 1 is 1.13 bits per heavy atom. The number of rotatable bonds is 6. The van der Waals surface area contributed by atoms with Crippen LogP contribution in [0.4, 0.5) is 5.69 Å². The maximum absolute atomic E-state index is 12.7. The predicted molar refractivity (Wildman–Crippen MR) is 112 cm³/mol. The molecule has 3 rings (SSSR count). The second-order valence-electron chi connectivity index (χ2n) is 7.04. The van der Waals surface area contributed by atoms with Gasteiger partial charge in [-0.3, -0.25) is 14.9 Å². The molecule has 2 aromatic carbocycles. The largest absolute Gasteiger partial charge is 0.272 e. The van der Waals surface area contributed by atoms with Crippen molar-refractivity contribution in [3.05, 3.63) is 69.3 Å². The molecule has 0 atom stereocenters. The molecule has 0 radical (unpaired) electrons. The van der Waals surface area contributed by atoms with E-state index < -0.39 is 20.9 Å². The smallest absolute Gasteiger partial charge is 0.267 e. The average molecular weight is 430 g/mol. The first-order chi connectivity index (χ1) is 14.2. The van der Waals surface area contributed by atoms with E-state index in [1.54, 1.807) is 26.0 Å². The first kappa shape index (κ1) is 21.6. The molecule has 30 heavy (non-hydrogen) atoms. The van der Waals surface area contributed by atoms with E-state index >= 15 is 0 Å². The molecule has 0 unspecified atom stereocenters. The number of aryl methyl sites for hydroxylation is 1. The number of nitro groups is 1. The van der Waals surface area contributed by atoms with Gasteiger partial charge in [0, 0.05) is 35.8 Å². The molecule has 158 valence electrons. The van der Waals surface area contributed by atoms with Crippen LogP contribution in [0.15, 0.2) is 52.5 Å². The van der Waals surface area contributed by atoms with Gasteiger partial charge >= 0.3 is 0 Å². The van der Waals surface area contributed by atoms with E-state index in [1.165, 1.54) is 34.6 Å². The summed E-state index contributed by atoms with van der Waals surface area (Å²) < 4.78 is 26.8. The van der Waals surface area contributed by atoms with E-state index in [0.29, 0.717) is 29.9 Å². The van der Waals surface area contributed by atoms with Gasteiger partial charge in [0.25, 0.3) is 11.6 Å². The number of amides is 1. The molecule has 0 aromatic heterocycles. The molecule has 0 spiro atoms. The molecule has 1 amide bonds. The van der Waals surface area contributed by atoms with Crippen molar-refractivity contribution in [2.75, 3.05) is 13.1 Å². The van der Waals surface area contributed by atoms with Gasteiger partial charge < -0.3 is 0 Å². The third kappa shape index (κ3) is 4.55. The monoisotopic (exact) mass is 430 g/mol. The van der Waals surface area contributed by atoms with Crippen LogP contribution in [-0.2, 0) is 10.0 Å². The van der Waals surface area contributed by atoms with Crippen LogP contribution in [0.25, 0.3) is 0 Å². The zero-order valence-electron chi connectivity index (χ0n) is 16.7. The molecule has 2 aromatic rings. The highest BCUT2D eigenvalue weighted by molar-refractivity contribution is 7.89. The number of hydrogen-bond acceptors (Lipinski definition) is 6. The minimum atomic E-state index is -3.63. The maximum atomic E-state index is 12.7. The summed E-state index contributed by atoms with van der Waals surface area (Å²) in [6, 6.07) is 10.5. The van der Waals surface area contributed by atoms with Crippen molar-refractivity contribution in [1.82, 2.24) is 9.73 Å². The van der Waals surface area contributed by atoms with Gasteiger partial charge in [-0.2, -0.15) is 9.41 Å². The van der Waals surface area contributed by atoms with Gasteiger partial charge in [0.05, 0.1) is 15.5 Å². The number of nitro benzene ring substituents is 1. The highest BCUT2D eigenvalue weighted by Crippen LogP contribution is 2.22. The predicted octanol–water partition coefficient (Wildman–Crippen LogP) is 2.84. The summed E-state index contributed by atoms with van der Waals surface area (Å²) in [5.41, 5.74) is 3.90. The van der Waals surface area contributed by atoms with E-state index in [1.807, 2.05) is 0 Å². The minimum Gasteiger partial charge on any atom is -0.267 e. The fourth-order valence-electron chi connectivity index (χ4n) is 3.17. The summed E-state index contributed by atoms with van der Waals surface area (Å²) in [4.78, 5) is 23.2. The SMILES string of the molecule is CC(=NNC(=O)c1cccc(S(=O)(=O)N2CCCC2)c1)c1ccc(C)c([N+](=O)[O-])c1. The highest BCUT2D eigenvalue weighted by Gasteiger charge is 2.27. The van der Waals surface area contributed by atoms with Crippen LogP contribution in [0, 0.1) is 17.0 Å². The molecule has 1 aliphatic heterocycles. The van der Waals surface area contributed by atoms with Gasteiger partial charge in [-0.1, -0.05) is 18.2 Å². The Morgan fingerprint density at radius 3 is 2.50 bits per heavy atom. The van der Waals surface area contributed by atoms with Gasteiger partial charge in [-0.15, -0.1) is 0 Å². The summed E-state index contributed by atoms with van der Waals surface area (Å²) in [6.45, 7) is 4.21. The van der Waals surface area contributed by atoms with Crippen molar-refractivity contribution in [2.24, 2.45) is 5.10 Å². The zero-order valence-corrected chi connectivity index (χ0v) is 17.5. The third-order valence-corrected chi connectivity index (χ3v) is 6.84. The van der Waals surface area contributed by atoms with Crippen molar-refractivity contribution in [1.29, 1.82) is 0 Å². The molecule has 0 saturated carbocycles. The van der Waals surface area contributed by atoms with E-state index in [-0.39, 0.29) is 16.1 Å². The van der Waals surface area contributed by atoms with Crippen LogP contribution in [0.3, 0.4) is 0 Å². The standard InChI is InChI=1S/C20H22N4O5S/c1-14-8-9-16(13-19(14)24(26)27)15(2)21-22-20(25)17-6-5-7-18(12-17)30(28,29)23-10-3-4-11-23/h5-9,12-13H,3-4,10-11H2,1-2H3,(H,22,25). The van der Waals surface area contributed by atoms with Crippen molar-refractivity contribution in [3.63, 3.8) is 0 Å². The Morgan fingerprint density at radius 2 is 1.83 bits per heavy atom. The lowest BCUT2D eigenvalue weighted by Gasteiger charge is -2.15. The molecular weight excluding hydrogens is 408 g/mol. The van der Waals surface area contributed by atoms with Crippen LogP contribution in [-0.4, -0.2) is 42.4 Å². The molecule has 1 N–H and O–H groups in total. The van der Waals surface area contributed by atoms with E-state index in [4.69, 9.17) is 0 Å². The normalized spacial score (nSPS) is 15.2. The van der Waals surface area contributed by atoms with Gasteiger partial charge in [0.2, 0.25) is 10.0 Å². The van der Waals surface area contributed by atoms with E-state index in [0.717, 1.165) is 12.8 Å². The summed E-state index contributed by atoms with van der Waals surface area (Å²) >= 11 is 0. The van der Waals surface area contributed by atoms with Gasteiger partial charge in [0.15, 0.2) is 0 Å². The summed E-state index contributed by atoms with van der Waals surface area (Å²) in [6.07, 6.45) is 1.65. The molecule has 1 heterocycles. The van der Waals surface area contributed by atoms with Gasteiger partial charge in [0.1, 0.15) is 0 Å². The molecule has 1 saturated heterocycles. The molecule has 10 heteroatoms. The molecule has 0 aliphatic carbocycles. The topological polar surface area (TPSA) is 122 Å². The summed E-state index contributed by atoms with van der Waals surface area (Å²) in [7, 11) is -3.63. The fraction of sp³-hybridized carbons (Fsp3) is 0.300. The number of benzene rings is 2. The Bertz CT molecular complexity index is 1120. The van der Waals surface area contributed by atoms with Crippen LogP contribution < -0.4 is 5.43 Å². The lowest BCUT2D eigenvalue weighted by atomic mass is 10.1. The number of hydrazone groups is 1. The van der Waals surface area contributed by atoms with Crippen molar-refractivity contribution in [2.45, 2.75) is 31.6 Å².